The van der Waals surface area contributed by atoms with Crippen LogP contribution in [0.1, 0.15) is 25.7 Å². The SMILES string of the molecule is O=C1CCCC(NC(=O)Nc2ccccc2)C1. The first-order valence-corrected chi connectivity index (χ1v) is 5.88. The Hall–Kier alpha value is -1.84. The van der Waals surface area contributed by atoms with Crippen LogP contribution in [0.15, 0.2) is 30.3 Å². The Bertz CT molecular complexity index is 403. The van der Waals surface area contributed by atoms with Gasteiger partial charge in [0, 0.05) is 24.6 Å². The van der Waals surface area contributed by atoms with E-state index in [2.05, 4.69) is 10.6 Å². The van der Waals surface area contributed by atoms with Crippen LogP contribution >= 0.6 is 0 Å². The van der Waals surface area contributed by atoms with Crippen molar-refractivity contribution in [3.05, 3.63) is 30.3 Å². The number of carbonyl (C=O) groups is 2. The Morgan fingerprint density at radius 3 is 2.71 bits per heavy atom. The first kappa shape index (κ1) is 11.6. The van der Waals surface area contributed by atoms with E-state index in [-0.39, 0.29) is 17.9 Å². The highest BCUT2D eigenvalue weighted by atomic mass is 16.2. The van der Waals surface area contributed by atoms with Gasteiger partial charge in [-0.3, -0.25) is 4.79 Å². The first-order chi connectivity index (χ1) is 8.24. The highest BCUT2D eigenvalue weighted by Gasteiger charge is 2.20. The maximum Gasteiger partial charge on any atom is 0.319 e. The lowest BCUT2D eigenvalue weighted by Gasteiger charge is -2.22. The quantitative estimate of drug-likeness (QED) is 0.822. The Kier molecular flexibility index (Phi) is 3.75. The molecule has 0 heterocycles. The third-order valence-corrected chi connectivity index (χ3v) is 2.85. The molecule has 0 radical (unpaired) electrons. The minimum Gasteiger partial charge on any atom is -0.335 e. The molecule has 0 bridgehead atoms. The Morgan fingerprint density at radius 1 is 1.24 bits per heavy atom. The lowest BCUT2D eigenvalue weighted by atomic mass is 9.94. The van der Waals surface area contributed by atoms with Gasteiger partial charge in [-0.2, -0.15) is 0 Å². The highest BCUT2D eigenvalue weighted by Crippen LogP contribution is 2.14. The van der Waals surface area contributed by atoms with E-state index >= 15 is 0 Å². The van der Waals surface area contributed by atoms with Crippen LogP contribution in [-0.2, 0) is 4.79 Å². The van der Waals surface area contributed by atoms with Gasteiger partial charge in [0.1, 0.15) is 5.78 Å². The van der Waals surface area contributed by atoms with Crippen LogP contribution in [0.4, 0.5) is 10.5 Å². The first-order valence-electron chi connectivity index (χ1n) is 5.88. The maximum absolute atomic E-state index is 11.7. The molecule has 90 valence electrons. The van der Waals surface area contributed by atoms with Gasteiger partial charge >= 0.3 is 6.03 Å². The van der Waals surface area contributed by atoms with Gasteiger partial charge in [0.25, 0.3) is 0 Å². The van der Waals surface area contributed by atoms with Gasteiger partial charge in [-0.1, -0.05) is 18.2 Å². The Morgan fingerprint density at radius 2 is 2.00 bits per heavy atom. The molecule has 0 aromatic heterocycles. The van der Waals surface area contributed by atoms with Gasteiger partial charge in [0.2, 0.25) is 0 Å². The summed E-state index contributed by atoms with van der Waals surface area (Å²) in [5, 5.41) is 5.57. The van der Waals surface area contributed by atoms with Crippen LogP contribution in [0, 0.1) is 0 Å². The normalized spacial score (nSPS) is 19.8. The zero-order valence-corrected chi connectivity index (χ0v) is 9.61. The summed E-state index contributed by atoms with van der Waals surface area (Å²) in [4.78, 5) is 22.9. The molecule has 1 fully saturated rings. The van der Waals surface area contributed by atoms with Gasteiger partial charge < -0.3 is 10.6 Å². The van der Waals surface area contributed by atoms with E-state index in [1.54, 1.807) is 0 Å². The van der Waals surface area contributed by atoms with E-state index in [0.29, 0.717) is 12.8 Å². The minimum atomic E-state index is -0.240. The summed E-state index contributed by atoms with van der Waals surface area (Å²) in [6, 6.07) is 9.01. The van der Waals surface area contributed by atoms with E-state index in [4.69, 9.17) is 0 Å². The molecule has 1 atom stereocenters. The fourth-order valence-corrected chi connectivity index (χ4v) is 2.02. The second-order valence-electron chi connectivity index (χ2n) is 4.30. The van der Waals surface area contributed by atoms with Crippen molar-refractivity contribution < 1.29 is 9.59 Å². The zero-order valence-electron chi connectivity index (χ0n) is 9.61. The average molecular weight is 232 g/mol. The van der Waals surface area contributed by atoms with Crippen LogP contribution in [0.5, 0.6) is 0 Å². The van der Waals surface area contributed by atoms with Crippen molar-refractivity contribution in [2.75, 3.05) is 5.32 Å². The Labute approximate surface area is 100 Å². The molecule has 1 aromatic carbocycles. The fourth-order valence-electron chi connectivity index (χ4n) is 2.02. The third-order valence-electron chi connectivity index (χ3n) is 2.85. The molecule has 4 heteroatoms. The number of Topliss-reactive ketones (excluding diaryl/α,β-unsaturated/α-hetero) is 1. The zero-order chi connectivity index (χ0) is 12.1. The number of urea groups is 1. The number of hydrogen-bond acceptors (Lipinski definition) is 2. The molecule has 1 unspecified atom stereocenters. The molecule has 4 nitrogen and oxygen atoms in total. The lowest BCUT2D eigenvalue weighted by Crippen LogP contribution is -2.40. The van der Waals surface area contributed by atoms with Gasteiger partial charge in [-0.15, -0.1) is 0 Å². The largest absolute Gasteiger partial charge is 0.335 e. The molecule has 1 saturated carbocycles. The minimum absolute atomic E-state index is 0.0139. The van der Waals surface area contributed by atoms with E-state index in [0.717, 1.165) is 18.5 Å². The van der Waals surface area contributed by atoms with Crippen molar-refractivity contribution >= 4 is 17.5 Å². The number of amides is 2. The third kappa shape index (κ3) is 3.59. The van der Waals surface area contributed by atoms with Gasteiger partial charge in [-0.05, 0) is 25.0 Å². The summed E-state index contributed by atoms with van der Waals surface area (Å²) >= 11 is 0. The number of ketones is 1. The molecule has 0 saturated heterocycles. The predicted molar refractivity (Wildman–Crippen MR) is 65.9 cm³/mol. The number of benzene rings is 1. The molecule has 1 aromatic rings. The highest BCUT2D eigenvalue weighted by molar-refractivity contribution is 5.90. The van der Waals surface area contributed by atoms with Gasteiger partial charge in [-0.25, -0.2) is 4.79 Å². The number of para-hydroxylation sites is 1. The smallest absolute Gasteiger partial charge is 0.319 e. The summed E-state index contributed by atoms with van der Waals surface area (Å²) in [6.45, 7) is 0. The van der Waals surface area contributed by atoms with Gasteiger partial charge in [0.15, 0.2) is 0 Å². The molecular weight excluding hydrogens is 216 g/mol. The van der Waals surface area contributed by atoms with Crippen molar-refractivity contribution in [2.45, 2.75) is 31.7 Å². The van der Waals surface area contributed by atoms with Crippen LogP contribution in [0.2, 0.25) is 0 Å². The van der Waals surface area contributed by atoms with E-state index < -0.39 is 0 Å². The van der Waals surface area contributed by atoms with Gasteiger partial charge in [0.05, 0.1) is 0 Å². The monoisotopic (exact) mass is 232 g/mol. The van der Waals surface area contributed by atoms with E-state index in [9.17, 15) is 9.59 Å². The van der Waals surface area contributed by atoms with E-state index in [1.807, 2.05) is 30.3 Å². The molecule has 2 amide bonds. The molecule has 0 aliphatic heterocycles. The Balaban J connectivity index is 1.83. The van der Waals surface area contributed by atoms with E-state index in [1.165, 1.54) is 0 Å². The molecule has 0 spiro atoms. The van der Waals surface area contributed by atoms with Crippen LogP contribution in [0.25, 0.3) is 0 Å². The number of nitrogens with one attached hydrogen (secondary N) is 2. The summed E-state index contributed by atoms with van der Waals surface area (Å²) in [6.07, 6.45) is 2.86. The van der Waals surface area contributed by atoms with Crippen molar-refractivity contribution in [3.8, 4) is 0 Å². The summed E-state index contributed by atoms with van der Waals surface area (Å²) in [7, 11) is 0. The van der Waals surface area contributed by atoms with Crippen molar-refractivity contribution in [3.63, 3.8) is 0 Å². The fraction of sp³-hybridized carbons (Fsp3) is 0.385. The number of rotatable bonds is 2. The molecule has 17 heavy (non-hydrogen) atoms. The molecule has 1 aliphatic carbocycles. The van der Waals surface area contributed by atoms with Crippen molar-refractivity contribution in [2.24, 2.45) is 0 Å². The molecule has 2 N–H and O–H groups in total. The molecular formula is C13H16N2O2. The van der Waals surface area contributed by atoms with Crippen molar-refractivity contribution in [1.29, 1.82) is 0 Å². The molecule has 2 rings (SSSR count). The second kappa shape index (κ2) is 5.48. The standard InChI is InChI=1S/C13H16N2O2/c16-12-8-4-7-11(9-12)15-13(17)14-10-5-2-1-3-6-10/h1-3,5-6,11H,4,7-9H2,(H2,14,15,17). The maximum atomic E-state index is 11.7. The number of carbonyl (C=O) groups excluding carboxylic acids is 2. The van der Waals surface area contributed by atoms with Crippen LogP contribution in [-0.4, -0.2) is 17.9 Å². The topological polar surface area (TPSA) is 58.2 Å². The lowest BCUT2D eigenvalue weighted by molar-refractivity contribution is -0.120. The van der Waals surface area contributed by atoms with Crippen LogP contribution < -0.4 is 10.6 Å². The number of hydrogen-bond donors (Lipinski definition) is 2. The second-order valence-corrected chi connectivity index (χ2v) is 4.30. The van der Waals surface area contributed by atoms with Crippen LogP contribution in [0.3, 0.4) is 0 Å². The summed E-state index contributed by atoms with van der Waals surface area (Å²) in [5.41, 5.74) is 0.757. The summed E-state index contributed by atoms with van der Waals surface area (Å²) in [5.74, 6) is 0.237. The average Bonchev–Trinajstić information content (AvgIpc) is 2.30. The predicted octanol–water partition coefficient (Wildman–Crippen LogP) is 2.32. The molecule has 1 aliphatic rings. The number of anilines is 1. The van der Waals surface area contributed by atoms with Crippen molar-refractivity contribution in [1.82, 2.24) is 5.32 Å². The summed E-state index contributed by atoms with van der Waals surface area (Å²) < 4.78 is 0.